The molecule has 3 nitrogen and oxygen atoms in total. The Morgan fingerprint density at radius 2 is 1.12 bits per heavy atom. The van der Waals surface area contributed by atoms with Gasteiger partial charge in [0, 0.05) is 48.2 Å². The molecular weight excluding hydrogens is 625 g/mol. The number of thiazole rings is 1. The van der Waals surface area contributed by atoms with Crippen LogP contribution in [0.1, 0.15) is 0 Å². The maximum Gasteiger partial charge on any atom is 0.137 e. The number of rotatable bonds is 5. The van der Waals surface area contributed by atoms with Gasteiger partial charge in [0.15, 0.2) is 0 Å². The fourth-order valence-corrected chi connectivity index (χ4v) is 8.96. The summed E-state index contributed by atoms with van der Waals surface area (Å²) in [6, 6.07) is 56.1. The number of hydrogen-bond donors (Lipinski definition) is 0. The highest BCUT2D eigenvalue weighted by molar-refractivity contribution is 7.25. The number of furan rings is 1. The third-order valence-corrected chi connectivity index (χ3v) is 11.3. The van der Waals surface area contributed by atoms with E-state index in [1.54, 1.807) is 11.3 Å². The summed E-state index contributed by atoms with van der Waals surface area (Å²) in [5.41, 5.74) is 9.44. The van der Waals surface area contributed by atoms with Crippen molar-refractivity contribution in [1.82, 2.24) is 4.98 Å². The first-order chi connectivity index (χ1) is 23.8. The predicted molar refractivity (Wildman–Crippen MR) is 205 cm³/mol. The van der Waals surface area contributed by atoms with Crippen LogP contribution in [0.5, 0.6) is 0 Å². The van der Waals surface area contributed by atoms with Crippen LogP contribution >= 0.6 is 22.7 Å². The summed E-state index contributed by atoms with van der Waals surface area (Å²) in [4.78, 5) is 7.54. The summed E-state index contributed by atoms with van der Waals surface area (Å²) in [5, 5.41) is 5.72. The standard InChI is InChI=1S/C43H26N2OS2/c1-3-10-27(11-4-1)29-14-9-15-30(24-29)45(32-18-20-34-33-16-7-8-17-38(33)47-40(34)26-32)31-19-21-36-35(25-31)41-37(46-36)22-23-39-42(41)44-43(48-39)28-12-5-2-6-13-28/h1-26H. The van der Waals surface area contributed by atoms with Gasteiger partial charge in [0.2, 0.25) is 0 Å². The van der Waals surface area contributed by atoms with Gasteiger partial charge in [-0.25, -0.2) is 4.98 Å². The molecule has 0 spiro atoms. The summed E-state index contributed by atoms with van der Waals surface area (Å²) in [7, 11) is 0. The average molecular weight is 651 g/mol. The van der Waals surface area contributed by atoms with Crippen molar-refractivity contribution in [2.75, 3.05) is 4.90 Å². The molecule has 10 rings (SSSR count). The Kier molecular flexibility index (Phi) is 6.22. The molecule has 0 saturated heterocycles. The summed E-state index contributed by atoms with van der Waals surface area (Å²) >= 11 is 3.56. The maximum absolute atomic E-state index is 6.44. The van der Waals surface area contributed by atoms with Crippen molar-refractivity contribution >= 4 is 92.1 Å². The zero-order chi connectivity index (χ0) is 31.6. The van der Waals surface area contributed by atoms with Gasteiger partial charge < -0.3 is 9.32 Å². The van der Waals surface area contributed by atoms with Gasteiger partial charge in [-0.15, -0.1) is 22.7 Å². The van der Waals surface area contributed by atoms with E-state index >= 15 is 0 Å². The van der Waals surface area contributed by atoms with E-state index in [0.29, 0.717) is 0 Å². The second-order valence-electron chi connectivity index (χ2n) is 12.0. The van der Waals surface area contributed by atoms with Crippen molar-refractivity contribution in [2.45, 2.75) is 0 Å². The van der Waals surface area contributed by atoms with Crippen LogP contribution in [0.2, 0.25) is 0 Å². The van der Waals surface area contributed by atoms with Crippen LogP contribution in [0.3, 0.4) is 0 Å². The largest absolute Gasteiger partial charge is 0.456 e. The number of thiophene rings is 1. The molecule has 0 aliphatic heterocycles. The summed E-state index contributed by atoms with van der Waals surface area (Å²) in [6.07, 6.45) is 0. The summed E-state index contributed by atoms with van der Waals surface area (Å²) < 4.78 is 10.2. The monoisotopic (exact) mass is 650 g/mol. The first-order valence-corrected chi connectivity index (χ1v) is 17.6. The molecule has 3 heterocycles. The lowest BCUT2D eigenvalue weighted by Crippen LogP contribution is -2.09. The normalized spacial score (nSPS) is 11.8. The van der Waals surface area contributed by atoms with E-state index in [4.69, 9.17) is 9.40 Å². The Bertz CT molecular complexity index is 2790. The van der Waals surface area contributed by atoms with E-state index in [2.05, 4.69) is 157 Å². The first kappa shape index (κ1) is 27.4. The third-order valence-electron chi connectivity index (χ3n) is 9.09. The highest BCUT2D eigenvalue weighted by Crippen LogP contribution is 2.44. The van der Waals surface area contributed by atoms with E-state index in [9.17, 15) is 0 Å². The highest BCUT2D eigenvalue weighted by Gasteiger charge is 2.20. The van der Waals surface area contributed by atoms with Crippen molar-refractivity contribution in [2.24, 2.45) is 0 Å². The Hall–Kier alpha value is -5.75. The van der Waals surface area contributed by atoms with E-state index in [1.165, 1.54) is 31.3 Å². The Balaban J connectivity index is 1.19. The van der Waals surface area contributed by atoms with Crippen molar-refractivity contribution in [3.63, 3.8) is 0 Å². The number of benzene rings is 7. The van der Waals surface area contributed by atoms with Gasteiger partial charge in [-0.1, -0.05) is 97.1 Å². The SMILES string of the molecule is c1ccc(-c2cccc(N(c3ccc4c(c3)sc3ccccc34)c3ccc4oc5ccc6sc(-c7ccccc7)nc6c5c4c3)c2)cc1. The zero-order valence-corrected chi connectivity index (χ0v) is 27.3. The number of aromatic nitrogens is 1. The van der Waals surface area contributed by atoms with E-state index < -0.39 is 0 Å². The second kappa shape index (κ2) is 10.9. The lowest BCUT2D eigenvalue weighted by Gasteiger charge is -2.26. The van der Waals surface area contributed by atoms with Crippen LogP contribution in [0.4, 0.5) is 17.1 Å². The first-order valence-electron chi connectivity index (χ1n) is 15.9. The molecule has 48 heavy (non-hydrogen) atoms. The molecule has 0 saturated carbocycles. The molecule has 0 aliphatic rings. The van der Waals surface area contributed by atoms with Crippen LogP contribution in [-0.4, -0.2) is 4.98 Å². The highest BCUT2D eigenvalue weighted by atomic mass is 32.1. The van der Waals surface area contributed by atoms with Gasteiger partial charge in [0.1, 0.15) is 16.2 Å². The number of hydrogen-bond acceptors (Lipinski definition) is 5. The molecule has 5 heteroatoms. The molecule has 0 fully saturated rings. The Morgan fingerprint density at radius 1 is 0.438 bits per heavy atom. The van der Waals surface area contributed by atoms with Gasteiger partial charge in [0.25, 0.3) is 0 Å². The van der Waals surface area contributed by atoms with E-state index in [1.807, 2.05) is 17.4 Å². The Morgan fingerprint density at radius 3 is 2.00 bits per heavy atom. The lowest BCUT2D eigenvalue weighted by molar-refractivity contribution is 0.669. The van der Waals surface area contributed by atoms with Crippen LogP contribution in [0, 0.1) is 0 Å². The summed E-state index contributed by atoms with van der Waals surface area (Å²) in [6.45, 7) is 0. The number of anilines is 3. The van der Waals surface area contributed by atoms with Crippen molar-refractivity contribution in [3.05, 3.63) is 158 Å². The molecule has 10 aromatic rings. The minimum absolute atomic E-state index is 0.851. The molecule has 0 aliphatic carbocycles. The number of fused-ring (bicyclic) bond motifs is 8. The molecule has 0 atom stereocenters. The van der Waals surface area contributed by atoms with E-state index in [0.717, 1.165) is 59.8 Å². The quantitative estimate of drug-likeness (QED) is 0.186. The third kappa shape index (κ3) is 4.43. The zero-order valence-electron chi connectivity index (χ0n) is 25.6. The topological polar surface area (TPSA) is 29.3 Å². The average Bonchev–Trinajstić information content (AvgIpc) is 3.85. The molecule has 0 radical (unpaired) electrons. The van der Waals surface area contributed by atoms with Crippen LogP contribution in [0.25, 0.3) is 74.0 Å². The van der Waals surface area contributed by atoms with Gasteiger partial charge in [-0.05, 0) is 71.8 Å². The fraction of sp³-hybridized carbons (Fsp3) is 0. The van der Waals surface area contributed by atoms with Crippen LogP contribution in [-0.2, 0) is 0 Å². The molecular formula is C43H26N2OS2. The van der Waals surface area contributed by atoms with Crippen molar-refractivity contribution in [1.29, 1.82) is 0 Å². The van der Waals surface area contributed by atoms with Gasteiger partial charge in [-0.2, -0.15) is 0 Å². The predicted octanol–water partition coefficient (Wildman–Crippen LogP) is 13.4. The van der Waals surface area contributed by atoms with Gasteiger partial charge in [-0.3, -0.25) is 0 Å². The molecule has 7 aromatic carbocycles. The molecule has 0 amide bonds. The fourth-order valence-electron chi connectivity index (χ4n) is 6.84. The smallest absolute Gasteiger partial charge is 0.137 e. The molecule has 226 valence electrons. The van der Waals surface area contributed by atoms with E-state index in [-0.39, 0.29) is 0 Å². The van der Waals surface area contributed by atoms with Crippen LogP contribution < -0.4 is 4.90 Å². The van der Waals surface area contributed by atoms with Crippen molar-refractivity contribution < 1.29 is 4.42 Å². The van der Waals surface area contributed by atoms with Crippen molar-refractivity contribution in [3.8, 4) is 21.7 Å². The van der Waals surface area contributed by atoms with Gasteiger partial charge >= 0.3 is 0 Å². The lowest BCUT2D eigenvalue weighted by atomic mass is 10.0. The minimum Gasteiger partial charge on any atom is -0.456 e. The molecule has 0 N–H and O–H groups in total. The maximum atomic E-state index is 6.44. The second-order valence-corrected chi connectivity index (χ2v) is 14.1. The Labute approximate surface area is 284 Å². The van der Waals surface area contributed by atoms with Gasteiger partial charge in [0.05, 0.1) is 15.6 Å². The molecule has 3 aromatic heterocycles. The molecule has 0 unspecified atom stereocenters. The summed E-state index contributed by atoms with van der Waals surface area (Å²) in [5.74, 6) is 0. The number of nitrogens with zero attached hydrogens (tertiary/aromatic N) is 2. The molecule has 0 bridgehead atoms. The minimum atomic E-state index is 0.851. The van der Waals surface area contributed by atoms with Crippen LogP contribution in [0.15, 0.2) is 162 Å².